The Bertz CT molecular complexity index is 440. The number of amides is 2. The Morgan fingerprint density at radius 3 is 2.60 bits per heavy atom. The first-order valence-electron chi connectivity index (χ1n) is 7.09. The maximum atomic E-state index is 11.8. The number of aryl methyl sites for hydroxylation is 1. The molecule has 3 N–H and O–H groups in total. The van der Waals surface area contributed by atoms with Crippen LogP contribution in [-0.2, 0) is 0 Å². The van der Waals surface area contributed by atoms with Crippen molar-refractivity contribution >= 4 is 6.03 Å². The highest BCUT2D eigenvalue weighted by Crippen LogP contribution is 2.19. The monoisotopic (exact) mass is 282 g/mol. The van der Waals surface area contributed by atoms with E-state index < -0.39 is 5.60 Å². The van der Waals surface area contributed by atoms with Crippen molar-refractivity contribution in [1.82, 2.24) is 10.6 Å². The van der Waals surface area contributed by atoms with E-state index in [1.54, 1.807) is 6.92 Å². The molecule has 5 heteroatoms. The van der Waals surface area contributed by atoms with Crippen molar-refractivity contribution in [2.24, 2.45) is 5.92 Å². The normalized spacial score (nSPS) is 17.1. The van der Waals surface area contributed by atoms with Gasteiger partial charge in [-0.25, -0.2) is 4.79 Å². The lowest BCUT2D eigenvalue weighted by Gasteiger charge is -2.30. The van der Waals surface area contributed by atoms with Crippen molar-refractivity contribution in [3.05, 3.63) is 23.7 Å². The van der Waals surface area contributed by atoms with E-state index in [-0.39, 0.29) is 24.5 Å². The third kappa shape index (κ3) is 4.56. The molecule has 0 aliphatic rings. The summed E-state index contributed by atoms with van der Waals surface area (Å²) in [6.07, 6.45) is 0.859. The third-order valence-corrected chi connectivity index (χ3v) is 3.82. The van der Waals surface area contributed by atoms with E-state index in [0.717, 1.165) is 12.2 Å². The van der Waals surface area contributed by atoms with Crippen LogP contribution in [0.3, 0.4) is 0 Å². The summed E-state index contributed by atoms with van der Waals surface area (Å²) in [6, 6.07) is 3.18. The molecule has 0 aliphatic heterocycles. The van der Waals surface area contributed by atoms with Gasteiger partial charge in [0.1, 0.15) is 11.5 Å². The van der Waals surface area contributed by atoms with Crippen molar-refractivity contribution in [3.63, 3.8) is 0 Å². The zero-order chi connectivity index (χ0) is 15.3. The molecule has 0 saturated carbocycles. The van der Waals surface area contributed by atoms with Crippen LogP contribution in [0, 0.1) is 12.8 Å². The van der Waals surface area contributed by atoms with Gasteiger partial charge in [-0.2, -0.15) is 0 Å². The zero-order valence-corrected chi connectivity index (χ0v) is 13.0. The quantitative estimate of drug-likeness (QED) is 0.751. The minimum Gasteiger partial charge on any atom is -0.464 e. The fraction of sp³-hybridized carbons (Fsp3) is 0.667. The highest BCUT2D eigenvalue weighted by atomic mass is 16.3. The van der Waals surface area contributed by atoms with Gasteiger partial charge in [-0.15, -0.1) is 0 Å². The number of nitrogens with one attached hydrogen (secondary N) is 2. The summed E-state index contributed by atoms with van der Waals surface area (Å²) in [7, 11) is 0. The minimum atomic E-state index is -0.906. The molecule has 0 aliphatic carbocycles. The Labute approximate surface area is 120 Å². The molecule has 0 saturated heterocycles. The van der Waals surface area contributed by atoms with Gasteiger partial charge in [0.05, 0.1) is 11.6 Å². The Morgan fingerprint density at radius 1 is 1.45 bits per heavy atom. The Hall–Kier alpha value is -1.49. The van der Waals surface area contributed by atoms with E-state index in [0.29, 0.717) is 5.76 Å². The van der Waals surface area contributed by atoms with E-state index >= 15 is 0 Å². The lowest BCUT2D eigenvalue weighted by Crippen LogP contribution is -2.48. The van der Waals surface area contributed by atoms with Crippen LogP contribution in [0.15, 0.2) is 16.5 Å². The summed E-state index contributed by atoms with van der Waals surface area (Å²) >= 11 is 0. The topological polar surface area (TPSA) is 74.5 Å². The van der Waals surface area contributed by atoms with Crippen LogP contribution >= 0.6 is 0 Å². The van der Waals surface area contributed by atoms with Gasteiger partial charge in [-0.3, -0.25) is 0 Å². The molecule has 1 heterocycles. The SMILES string of the molecule is CCC(C)C(C)(O)CNC(=O)NC(C)c1ccc(C)o1. The van der Waals surface area contributed by atoms with E-state index in [1.165, 1.54) is 0 Å². The maximum absolute atomic E-state index is 11.8. The summed E-state index contributed by atoms with van der Waals surface area (Å²) < 4.78 is 5.46. The average Bonchev–Trinajstić information content (AvgIpc) is 2.82. The molecular weight excluding hydrogens is 256 g/mol. The minimum absolute atomic E-state index is 0.118. The maximum Gasteiger partial charge on any atom is 0.315 e. The molecule has 5 nitrogen and oxygen atoms in total. The van der Waals surface area contributed by atoms with E-state index in [4.69, 9.17) is 4.42 Å². The van der Waals surface area contributed by atoms with Crippen molar-refractivity contribution in [1.29, 1.82) is 0 Å². The second-order valence-electron chi connectivity index (χ2n) is 5.66. The first-order chi connectivity index (χ1) is 9.26. The predicted molar refractivity (Wildman–Crippen MR) is 78.5 cm³/mol. The lowest BCUT2D eigenvalue weighted by atomic mass is 9.89. The summed E-state index contributed by atoms with van der Waals surface area (Å²) in [5, 5.41) is 15.7. The standard InChI is InChI=1S/C15H26N2O3/c1-6-10(2)15(5,19)9-16-14(18)17-12(4)13-8-7-11(3)20-13/h7-8,10,12,19H,6,9H2,1-5H3,(H2,16,17,18). The Morgan fingerprint density at radius 2 is 2.10 bits per heavy atom. The molecule has 0 bridgehead atoms. The largest absolute Gasteiger partial charge is 0.464 e. The van der Waals surface area contributed by atoms with E-state index in [1.807, 2.05) is 39.8 Å². The molecule has 0 fully saturated rings. The van der Waals surface area contributed by atoms with E-state index in [2.05, 4.69) is 10.6 Å². The van der Waals surface area contributed by atoms with Gasteiger partial charge in [0, 0.05) is 6.54 Å². The van der Waals surface area contributed by atoms with Gasteiger partial charge < -0.3 is 20.2 Å². The highest BCUT2D eigenvalue weighted by Gasteiger charge is 2.27. The van der Waals surface area contributed by atoms with E-state index in [9.17, 15) is 9.90 Å². The first kappa shape index (κ1) is 16.6. The smallest absolute Gasteiger partial charge is 0.315 e. The van der Waals surface area contributed by atoms with Crippen molar-refractivity contribution in [2.45, 2.75) is 52.7 Å². The fourth-order valence-corrected chi connectivity index (χ4v) is 1.88. The molecule has 1 aromatic heterocycles. The summed E-state index contributed by atoms with van der Waals surface area (Å²) in [4.78, 5) is 11.8. The fourth-order valence-electron chi connectivity index (χ4n) is 1.88. The van der Waals surface area contributed by atoms with Crippen molar-refractivity contribution in [3.8, 4) is 0 Å². The predicted octanol–water partition coefficient (Wildman–Crippen LogP) is 2.75. The van der Waals surface area contributed by atoms with Gasteiger partial charge in [0.25, 0.3) is 0 Å². The number of hydrogen-bond donors (Lipinski definition) is 3. The Kier molecular flexibility index (Phi) is 5.62. The average molecular weight is 282 g/mol. The molecule has 0 aromatic carbocycles. The number of rotatable bonds is 6. The molecule has 0 radical (unpaired) electrons. The van der Waals surface area contributed by atoms with Crippen molar-refractivity contribution in [2.75, 3.05) is 6.54 Å². The van der Waals surface area contributed by atoms with Gasteiger partial charge in [0.15, 0.2) is 0 Å². The second kappa shape index (κ2) is 6.79. The summed E-state index contributed by atoms with van der Waals surface area (Å²) in [5.41, 5.74) is -0.906. The molecular formula is C15H26N2O3. The van der Waals surface area contributed by atoms with Crippen LogP contribution < -0.4 is 10.6 Å². The lowest BCUT2D eigenvalue weighted by molar-refractivity contribution is 0.00783. The van der Waals surface area contributed by atoms with Crippen LogP contribution in [0.1, 0.15) is 51.7 Å². The summed E-state index contributed by atoms with van der Waals surface area (Å²) in [6.45, 7) is 9.65. The van der Waals surface area contributed by atoms with Crippen LogP contribution in [0.4, 0.5) is 4.79 Å². The number of urea groups is 1. The molecule has 0 spiro atoms. The van der Waals surface area contributed by atoms with Gasteiger partial charge in [0.2, 0.25) is 0 Å². The number of carbonyl (C=O) groups excluding carboxylic acids is 1. The highest BCUT2D eigenvalue weighted by molar-refractivity contribution is 5.74. The van der Waals surface area contributed by atoms with Gasteiger partial charge in [-0.1, -0.05) is 20.3 Å². The number of hydrogen-bond acceptors (Lipinski definition) is 3. The van der Waals surface area contributed by atoms with Crippen LogP contribution in [0.25, 0.3) is 0 Å². The van der Waals surface area contributed by atoms with Gasteiger partial charge in [-0.05, 0) is 38.8 Å². The third-order valence-electron chi connectivity index (χ3n) is 3.82. The second-order valence-corrected chi connectivity index (χ2v) is 5.66. The van der Waals surface area contributed by atoms with Crippen LogP contribution in [0.2, 0.25) is 0 Å². The number of carbonyl (C=O) groups is 1. The van der Waals surface area contributed by atoms with Crippen LogP contribution in [-0.4, -0.2) is 23.3 Å². The molecule has 20 heavy (non-hydrogen) atoms. The van der Waals surface area contributed by atoms with Gasteiger partial charge >= 0.3 is 6.03 Å². The molecule has 3 unspecified atom stereocenters. The zero-order valence-electron chi connectivity index (χ0n) is 13.0. The number of furan rings is 1. The van der Waals surface area contributed by atoms with Crippen LogP contribution in [0.5, 0.6) is 0 Å². The summed E-state index contributed by atoms with van der Waals surface area (Å²) in [5.74, 6) is 1.65. The van der Waals surface area contributed by atoms with Crippen molar-refractivity contribution < 1.29 is 14.3 Å². The number of aliphatic hydroxyl groups is 1. The molecule has 1 rings (SSSR count). The first-order valence-corrected chi connectivity index (χ1v) is 7.09. The molecule has 2 amide bonds. The molecule has 3 atom stereocenters. The molecule has 1 aromatic rings. The molecule has 114 valence electrons. The Balaban J connectivity index is 2.44.